The van der Waals surface area contributed by atoms with Gasteiger partial charge in [-0.2, -0.15) is 0 Å². The number of nitrogens with one attached hydrogen (secondary N) is 1. The molecule has 33 heavy (non-hydrogen) atoms. The van der Waals surface area contributed by atoms with Crippen molar-refractivity contribution in [2.24, 2.45) is 0 Å². The number of carbonyl (C=O) groups is 3. The Labute approximate surface area is 190 Å². The van der Waals surface area contributed by atoms with E-state index in [1.165, 1.54) is 11.0 Å². The molecule has 1 aromatic carbocycles. The van der Waals surface area contributed by atoms with E-state index in [4.69, 9.17) is 0 Å². The van der Waals surface area contributed by atoms with Crippen molar-refractivity contribution in [3.8, 4) is 0 Å². The van der Waals surface area contributed by atoms with E-state index in [9.17, 15) is 23.9 Å². The minimum atomic E-state index is -1.13. The SMILES string of the molecule is O=C1CCC(N2Cc3nc(C4(O)CCN(Cc5ccccc5F)CC4)ccc3C2=O)C(=O)N1. The van der Waals surface area contributed by atoms with Crippen molar-refractivity contribution < 1.29 is 23.9 Å². The molecule has 8 nitrogen and oxygen atoms in total. The second-order valence-electron chi connectivity index (χ2n) is 8.99. The topological polar surface area (TPSA) is 103 Å². The molecule has 0 bridgehead atoms. The Hall–Kier alpha value is -3.17. The van der Waals surface area contributed by atoms with Crippen molar-refractivity contribution in [1.82, 2.24) is 20.1 Å². The number of likely N-dealkylation sites (tertiary alicyclic amines) is 1. The summed E-state index contributed by atoms with van der Waals surface area (Å²) in [6.07, 6.45) is 1.37. The fourth-order valence-electron chi connectivity index (χ4n) is 4.90. The van der Waals surface area contributed by atoms with E-state index in [1.54, 1.807) is 24.3 Å². The van der Waals surface area contributed by atoms with E-state index in [0.29, 0.717) is 61.4 Å². The zero-order valence-corrected chi connectivity index (χ0v) is 18.1. The highest BCUT2D eigenvalue weighted by Crippen LogP contribution is 2.35. The van der Waals surface area contributed by atoms with Crippen LogP contribution in [0.4, 0.5) is 4.39 Å². The Morgan fingerprint density at radius 3 is 2.61 bits per heavy atom. The number of amides is 3. The highest BCUT2D eigenvalue weighted by Gasteiger charge is 2.41. The van der Waals surface area contributed by atoms with Crippen LogP contribution in [0.5, 0.6) is 0 Å². The quantitative estimate of drug-likeness (QED) is 0.681. The number of rotatable bonds is 4. The number of aromatic nitrogens is 1. The summed E-state index contributed by atoms with van der Waals surface area (Å²) in [5, 5.41) is 13.6. The lowest BCUT2D eigenvalue weighted by Crippen LogP contribution is -2.52. The van der Waals surface area contributed by atoms with E-state index in [1.807, 2.05) is 6.07 Å². The first kappa shape index (κ1) is 21.7. The molecule has 9 heteroatoms. The van der Waals surface area contributed by atoms with Gasteiger partial charge in [-0.1, -0.05) is 18.2 Å². The van der Waals surface area contributed by atoms with Crippen LogP contribution in [0.25, 0.3) is 0 Å². The molecular formula is C24H25FN4O4. The summed E-state index contributed by atoms with van der Waals surface area (Å²) in [6, 6.07) is 9.34. The van der Waals surface area contributed by atoms with Crippen LogP contribution in [0.15, 0.2) is 36.4 Å². The van der Waals surface area contributed by atoms with Crippen LogP contribution < -0.4 is 5.32 Å². The average Bonchev–Trinajstić information content (AvgIpc) is 3.12. The Bertz CT molecular complexity index is 1130. The smallest absolute Gasteiger partial charge is 0.256 e. The number of pyridine rings is 1. The highest BCUT2D eigenvalue weighted by atomic mass is 19.1. The number of halogens is 1. The number of benzene rings is 1. The predicted molar refractivity (Wildman–Crippen MR) is 115 cm³/mol. The van der Waals surface area contributed by atoms with E-state index >= 15 is 0 Å². The number of fused-ring (bicyclic) bond motifs is 1. The van der Waals surface area contributed by atoms with Crippen molar-refractivity contribution in [2.45, 2.75) is 50.4 Å². The maximum absolute atomic E-state index is 14.0. The summed E-state index contributed by atoms with van der Waals surface area (Å²) in [7, 11) is 0. The molecule has 2 saturated heterocycles. The van der Waals surface area contributed by atoms with Gasteiger partial charge in [-0.05, 0) is 37.5 Å². The van der Waals surface area contributed by atoms with E-state index < -0.39 is 17.6 Å². The first-order valence-corrected chi connectivity index (χ1v) is 11.2. The summed E-state index contributed by atoms with van der Waals surface area (Å²) in [4.78, 5) is 44.7. The van der Waals surface area contributed by atoms with Gasteiger partial charge >= 0.3 is 0 Å². The molecule has 3 amide bonds. The van der Waals surface area contributed by atoms with Crippen LogP contribution in [0.3, 0.4) is 0 Å². The van der Waals surface area contributed by atoms with Gasteiger partial charge in [-0.15, -0.1) is 0 Å². The number of piperidine rings is 2. The minimum absolute atomic E-state index is 0.170. The highest BCUT2D eigenvalue weighted by molar-refractivity contribution is 6.05. The normalized spacial score (nSPS) is 22.9. The van der Waals surface area contributed by atoms with Crippen molar-refractivity contribution in [1.29, 1.82) is 0 Å². The van der Waals surface area contributed by atoms with Gasteiger partial charge in [0.2, 0.25) is 11.8 Å². The molecule has 1 unspecified atom stereocenters. The second-order valence-corrected chi connectivity index (χ2v) is 8.99. The summed E-state index contributed by atoms with van der Waals surface area (Å²) in [6.45, 7) is 1.83. The summed E-state index contributed by atoms with van der Waals surface area (Å²) in [5.41, 5.74) is 0.954. The molecular weight excluding hydrogens is 427 g/mol. The van der Waals surface area contributed by atoms with Gasteiger partial charge in [0.15, 0.2) is 0 Å². The van der Waals surface area contributed by atoms with Gasteiger partial charge in [0, 0.05) is 31.6 Å². The first-order chi connectivity index (χ1) is 15.8. The molecule has 0 aliphatic carbocycles. The van der Waals surface area contributed by atoms with Crippen molar-refractivity contribution in [3.63, 3.8) is 0 Å². The maximum atomic E-state index is 14.0. The fourth-order valence-corrected chi connectivity index (χ4v) is 4.90. The van der Waals surface area contributed by atoms with E-state index in [-0.39, 0.29) is 30.6 Å². The molecule has 1 aromatic heterocycles. The summed E-state index contributed by atoms with van der Waals surface area (Å²) < 4.78 is 14.0. The summed E-state index contributed by atoms with van der Waals surface area (Å²) >= 11 is 0. The molecule has 0 spiro atoms. The zero-order chi connectivity index (χ0) is 23.2. The third kappa shape index (κ3) is 4.02. The van der Waals surface area contributed by atoms with Crippen LogP contribution in [0, 0.1) is 5.82 Å². The first-order valence-electron chi connectivity index (χ1n) is 11.2. The Morgan fingerprint density at radius 2 is 1.88 bits per heavy atom. The molecule has 3 aliphatic heterocycles. The third-order valence-electron chi connectivity index (χ3n) is 6.88. The number of hydrogen-bond donors (Lipinski definition) is 2. The molecule has 0 saturated carbocycles. The lowest BCUT2D eigenvalue weighted by Gasteiger charge is -2.38. The van der Waals surface area contributed by atoms with Crippen LogP contribution in [-0.4, -0.2) is 56.7 Å². The average molecular weight is 452 g/mol. The number of carbonyl (C=O) groups excluding carboxylic acids is 3. The maximum Gasteiger partial charge on any atom is 0.256 e. The lowest BCUT2D eigenvalue weighted by atomic mass is 9.87. The number of imide groups is 1. The van der Waals surface area contributed by atoms with Gasteiger partial charge in [-0.3, -0.25) is 29.6 Å². The summed E-state index contributed by atoms with van der Waals surface area (Å²) in [5.74, 6) is -1.31. The van der Waals surface area contributed by atoms with Crippen LogP contribution in [0.2, 0.25) is 0 Å². The molecule has 5 rings (SSSR count). The number of aliphatic hydroxyl groups is 1. The number of hydrogen-bond acceptors (Lipinski definition) is 6. The largest absolute Gasteiger partial charge is 0.383 e. The molecule has 2 N–H and O–H groups in total. The molecule has 2 fully saturated rings. The second kappa shape index (κ2) is 8.31. The van der Waals surface area contributed by atoms with Crippen LogP contribution in [-0.2, 0) is 28.3 Å². The molecule has 4 heterocycles. The molecule has 3 aliphatic rings. The van der Waals surface area contributed by atoms with Crippen LogP contribution >= 0.6 is 0 Å². The van der Waals surface area contributed by atoms with E-state index in [2.05, 4.69) is 15.2 Å². The van der Waals surface area contributed by atoms with Gasteiger partial charge in [-0.25, -0.2) is 4.39 Å². The zero-order valence-electron chi connectivity index (χ0n) is 18.1. The van der Waals surface area contributed by atoms with Gasteiger partial charge in [0.25, 0.3) is 5.91 Å². The molecule has 2 aromatic rings. The Balaban J connectivity index is 1.28. The molecule has 172 valence electrons. The third-order valence-corrected chi connectivity index (χ3v) is 6.88. The number of nitrogens with zero attached hydrogens (tertiary/aromatic N) is 3. The van der Waals surface area contributed by atoms with E-state index in [0.717, 1.165) is 0 Å². The van der Waals surface area contributed by atoms with Crippen molar-refractivity contribution >= 4 is 17.7 Å². The van der Waals surface area contributed by atoms with Crippen molar-refractivity contribution in [3.05, 3.63) is 64.7 Å². The standard InChI is InChI=1S/C24H25FN4O4/c25-17-4-2-1-3-15(17)13-28-11-9-24(33,10-12-28)20-7-5-16-18(26-20)14-29(23(16)32)19-6-8-21(30)27-22(19)31/h1-5,7,19,33H,6,8-14H2,(H,27,30,31). The molecule has 1 atom stereocenters. The molecule has 0 radical (unpaired) electrons. The Morgan fingerprint density at radius 1 is 1.12 bits per heavy atom. The van der Waals surface area contributed by atoms with Gasteiger partial charge in [0.05, 0.1) is 23.5 Å². The minimum Gasteiger partial charge on any atom is -0.383 e. The lowest BCUT2D eigenvalue weighted by molar-refractivity contribution is -0.136. The van der Waals surface area contributed by atoms with Gasteiger partial charge in [0.1, 0.15) is 17.5 Å². The monoisotopic (exact) mass is 452 g/mol. The van der Waals surface area contributed by atoms with Crippen LogP contribution in [0.1, 0.15) is 53.0 Å². The van der Waals surface area contributed by atoms with Gasteiger partial charge < -0.3 is 10.0 Å². The fraction of sp³-hybridized carbons (Fsp3) is 0.417. The Kier molecular flexibility index (Phi) is 5.46. The van der Waals surface area contributed by atoms with Crippen molar-refractivity contribution in [2.75, 3.05) is 13.1 Å². The predicted octanol–water partition coefficient (Wildman–Crippen LogP) is 1.47.